The third-order valence-corrected chi connectivity index (χ3v) is 3.55. The van der Waals surface area contributed by atoms with Gasteiger partial charge in [0, 0.05) is 0 Å². The zero-order valence-corrected chi connectivity index (χ0v) is 9.62. The van der Waals surface area contributed by atoms with Crippen molar-refractivity contribution >= 4 is 27.5 Å². The second kappa shape index (κ2) is 4.19. The molecule has 0 spiro atoms. The molecular formula is C11H12N2O2S. The van der Waals surface area contributed by atoms with Crippen molar-refractivity contribution in [2.45, 2.75) is 19.4 Å². The maximum atomic E-state index is 10.8. The lowest BCUT2D eigenvalue weighted by Crippen LogP contribution is -2.20. The summed E-state index contributed by atoms with van der Waals surface area (Å²) in [5, 5.41) is 9.87. The molecule has 0 bridgehead atoms. The van der Waals surface area contributed by atoms with E-state index in [1.807, 2.05) is 19.1 Å². The van der Waals surface area contributed by atoms with Crippen molar-refractivity contribution in [2.24, 2.45) is 5.73 Å². The molecule has 5 heteroatoms. The van der Waals surface area contributed by atoms with Crippen LogP contribution in [-0.2, 0) is 11.2 Å². The smallest absolute Gasteiger partial charge is 0.325 e. The fraction of sp³-hybridized carbons (Fsp3) is 0.273. The van der Waals surface area contributed by atoms with Crippen LogP contribution >= 0.6 is 11.3 Å². The number of aromatic nitrogens is 1. The van der Waals surface area contributed by atoms with Gasteiger partial charge in [-0.05, 0) is 24.1 Å². The summed E-state index contributed by atoms with van der Waals surface area (Å²) in [7, 11) is 0. The summed E-state index contributed by atoms with van der Waals surface area (Å²) in [5.74, 6) is -1.01. The molecule has 0 amide bonds. The Hall–Kier alpha value is -1.46. The van der Waals surface area contributed by atoms with Crippen molar-refractivity contribution in [2.75, 3.05) is 0 Å². The van der Waals surface area contributed by atoms with Crippen molar-refractivity contribution in [3.05, 3.63) is 28.8 Å². The lowest BCUT2D eigenvalue weighted by Gasteiger charge is -2.05. The van der Waals surface area contributed by atoms with Gasteiger partial charge in [0.1, 0.15) is 6.04 Å². The highest BCUT2D eigenvalue weighted by Gasteiger charge is 2.15. The first-order valence-corrected chi connectivity index (χ1v) is 5.81. The van der Waals surface area contributed by atoms with Gasteiger partial charge in [-0.25, -0.2) is 4.98 Å². The van der Waals surface area contributed by atoms with Crippen molar-refractivity contribution in [1.29, 1.82) is 0 Å². The number of carboxylic acid groups (broad SMARTS) is 1. The van der Waals surface area contributed by atoms with E-state index in [0.717, 1.165) is 21.6 Å². The number of hydrogen-bond donors (Lipinski definition) is 2. The van der Waals surface area contributed by atoms with Crippen LogP contribution in [0.15, 0.2) is 18.2 Å². The number of nitrogens with zero attached hydrogens (tertiary/aromatic N) is 1. The number of rotatable bonds is 3. The highest BCUT2D eigenvalue weighted by Crippen LogP contribution is 2.25. The van der Waals surface area contributed by atoms with Gasteiger partial charge >= 0.3 is 5.97 Å². The maximum absolute atomic E-state index is 10.8. The number of nitrogens with two attached hydrogens (primary N) is 1. The molecule has 1 aromatic heterocycles. The maximum Gasteiger partial charge on any atom is 0.325 e. The zero-order valence-electron chi connectivity index (χ0n) is 8.80. The van der Waals surface area contributed by atoms with E-state index in [1.54, 1.807) is 17.4 Å². The van der Waals surface area contributed by atoms with Crippen molar-refractivity contribution < 1.29 is 9.90 Å². The molecule has 16 heavy (non-hydrogen) atoms. The molecule has 1 heterocycles. The molecule has 0 fully saturated rings. The van der Waals surface area contributed by atoms with Gasteiger partial charge in [-0.2, -0.15) is 0 Å². The Morgan fingerprint density at radius 2 is 2.38 bits per heavy atom. The predicted molar refractivity (Wildman–Crippen MR) is 63.6 cm³/mol. The zero-order chi connectivity index (χ0) is 11.7. The van der Waals surface area contributed by atoms with E-state index in [9.17, 15) is 4.79 Å². The van der Waals surface area contributed by atoms with Crippen LogP contribution in [-0.4, -0.2) is 16.1 Å². The van der Waals surface area contributed by atoms with Crippen LogP contribution in [0.5, 0.6) is 0 Å². The summed E-state index contributed by atoms with van der Waals surface area (Å²) in [6.45, 7) is 2.04. The largest absolute Gasteiger partial charge is 0.480 e. The average Bonchev–Trinajstić information content (AvgIpc) is 2.69. The van der Waals surface area contributed by atoms with Crippen LogP contribution in [0.4, 0.5) is 0 Å². The molecule has 0 saturated carbocycles. The van der Waals surface area contributed by atoms with Crippen LogP contribution in [0.25, 0.3) is 10.2 Å². The Balaban J connectivity index is 2.46. The van der Waals surface area contributed by atoms with E-state index >= 15 is 0 Å². The number of carboxylic acids is 1. The van der Waals surface area contributed by atoms with E-state index in [-0.39, 0.29) is 0 Å². The molecule has 84 valence electrons. The molecule has 0 aliphatic heterocycles. The monoisotopic (exact) mass is 236 g/mol. The second-order valence-corrected chi connectivity index (χ2v) is 4.62. The van der Waals surface area contributed by atoms with Crippen LogP contribution in [0.2, 0.25) is 0 Å². The third kappa shape index (κ3) is 1.91. The molecule has 1 aromatic carbocycles. The van der Waals surface area contributed by atoms with E-state index in [4.69, 9.17) is 10.8 Å². The third-order valence-electron chi connectivity index (χ3n) is 2.38. The van der Waals surface area contributed by atoms with Gasteiger partial charge in [-0.1, -0.05) is 13.0 Å². The molecule has 0 aliphatic carbocycles. The second-order valence-electron chi connectivity index (χ2n) is 3.50. The summed E-state index contributed by atoms with van der Waals surface area (Å²) in [5.41, 5.74) is 7.08. The van der Waals surface area contributed by atoms with E-state index < -0.39 is 12.0 Å². The number of benzene rings is 1. The quantitative estimate of drug-likeness (QED) is 0.853. The van der Waals surface area contributed by atoms with Gasteiger partial charge < -0.3 is 10.8 Å². The SMILES string of the molecule is CCc1nc2ccc(C(N)C(=O)O)cc2s1. The Morgan fingerprint density at radius 1 is 1.62 bits per heavy atom. The van der Waals surface area contributed by atoms with Gasteiger partial charge in [0.2, 0.25) is 0 Å². The Labute approximate surface area is 96.7 Å². The molecule has 0 saturated heterocycles. The van der Waals surface area contributed by atoms with Gasteiger partial charge in [-0.3, -0.25) is 4.79 Å². The number of carbonyl (C=O) groups is 1. The van der Waals surface area contributed by atoms with E-state index in [2.05, 4.69) is 4.98 Å². The minimum Gasteiger partial charge on any atom is -0.480 e. The first-order valence-electron chi connectivity index (χ1n) is 4.99. The minimum absolute atomic E-state index is 0.617. The number of aliphatic carboxylic acids is 1. The van der Waals surface area contributed by atoms with Crippen LogP contribution < -0.4 is 5.73 Å². The number of aryl methyl sites for hydroxylation is 1. The minimum atomic E-state index is -1.01. The summed E-state index contributed by atoms with van der Waals surface area (Å²) < 4.78 is 0.992. The molecular weight excluding hydrogens is 224 g/mol. The number of hydrogen-bond acceptors (Lipinski definition) is 4. The molecule has 4 nitrogen and oxygen atoms in total. The highest BCUT2D eigenvalue weighted by atomic mass is 32.1. The lowest BCUT2D eigenvalue weighted by molar-refractivity contribution is -0.138. The molecule has 1 unspecified atom stereocenters. The van der Waals surface area contributed by atoms with E-state index in [0.29, 0.717) is 5.56 Å². The fourth-order valence-corrected chi connectivity index (χ4v) is 2.43. The summed E-state index contributed by atoms with van der Waals surface area (Å²) in [4.78, 5) is 15.2. The van der Waals surface area contributed by atoms with Gasteiger partial charge in [0.05, 0.1) is 15.2 Å². The number of fused-ring (bicyclic) bond motifs is 1. The highest BCUT2D eigenvalue weighted by molar-refractivity contribution is 7.18. The van der Waals surface area contributed by atoms with Crippen LogP contribution in [0.1, 0.15) is 23.5 Å². The normalized spacial score (nSPS) is 12.9. The first kappa shape index (κ1) is 11.0. The summed E-state index contributed by atoms with van der Waals surface area (Å²) in [6.07, 6.45) is 0.889. The first-order chi connectivity index (χ1) is 7.61. The van der Waals surface area contributed by atoms with Gasteiger partial charge in [0.25, 0.3) is 0 Å². The molecule has 2 rings (SSSR count). The van der Waals surface area contributed by atoms with Crippen LogP contribution in [0, 0.1) is 0 Å². The summed E-state index contributed by atoms with van der Waals surface area (Å²) in [6, 6.07) is 4.39. The van der Waals surface area contributed by atoms with Crippen molar-refractivity contribution in [3.63, 3.8) is 0 Å². The molecule has 0 radical (unpaired) electrons. The standard InChI is InChI=1S/C11H12N2O2S/c1-2-9-13-7-4-3-6(5-8(7)16-9)10(12)11(14)15/h3-5,10H,2,12H2,1H3,(H,14,15). The topological polar surface area (TPSA) is 76.2 Å². The van der Waals surface area contributed by atoms with Gasteiger partial charge in [0.15, 0.2) is 0 Å². The van der Waals surface area contributed by atoms with E-state index in [1.165, 1.54) is 0 Å². The fourth-order valence-electron chi connectivity index (χ4n) is 1.48. The number of thiazole rings is 1. The van der Waals surface area contributed by atoms with Gasteiger partial charge in [-0.15, -0.1) is 11.3 Å². The Morgan fingerprint density at radius 3 is 3.00 bits per heavy atom. The van der Waals surface area contributed by atoms with Crippen molar-refractivity contribution in [1.82, 2.24) is 4.98 Å². The molecule has 2 aromatic rings. The lowest BCUT2D eigenvalue weighted by atomic mass is 10.1. The predicted octanol–water partition coefficient (Wildman–Crippen LogP) is 1.94. The molecule has 3 N–H and O–H groups in total. The van der Waals surface area contributed by atoms with Crippen LogP contribution in [0.3, 0.4) is 0 Å². The average molecular weight is 236 g/mol. The summed E-state index contributed by atoms with van der Waals surface area (Å²) >= 11 is 1.58. The molecule has 1 atom stereocenters. The Bertz CT molecular complexity index is 536. The van der Waals surface area contributed by atoms with Crippen molar-refractivity contribution in [3.8, 4) is 0 Å². The molecule has 0 aliphatic rings. The Kier molecular flexibility index (Phi) is 2.89.